The minimum absolute atomic E-state index is 0.00432. The number of ether oxygens (including phenoxy) is 1. The van der Waals surface area contributed by atoms with E-state index >= 15 is 0 Å². The molecule has 1 unspecified atom stereocenters. The third-order valence-corrected chi connectivity index (χ3v) is 5.35. The number of Topliss-reactive ketones (excluding diaryl/α,β-unsaturated/α-hetero) is 1. The number of benzene rings is 2. The third-order valence-electron chi connectivity index (χ3n) is 5.35. The molecule has 1 amide bonds. The second-order valence-electron chi connectivity index (χ2n) is 8.53. The van der Waals surface area contributed by atoms with Gasteiger partial charge in [0, 0.05) is 18.7 Å². The van der Waals surface area contributed by atoms with Gasteiger partial charge in [-0.25, -0.2) is 0 Å². The summed E-state index contributed by atoms with van der Waals surface area (Å²) in [5, 5.41) is 20.9. The molecule has 2 N–H and O–H groups in total. The Morgan fingerprint density at radius 3 is 2.34 bits per heavy atom. The van der Waals surface area contributed by atoms with Crippen LogP contribution in [0.1, 0.15) is 36.6 Å². The molecule has 1 aliphatic heterocycles. The summed E-state index contributed by atoms with van der Waals surface area (Å²) in [6.07, 6.45) is 0.00432. The van der Waals surface area contributed by atoms with Crippen molar-refractivity contribution in [2.24, 2.45) is 0 Å². The molecule has 1 saturated heterocycles. The predicted octanol–water partition coefficient (Wildman–Crippen LogP) is 3.47. The highest BCUT2D eigenvalue weighted by Gasteiger charge is 2.45. The number of ketones is 1. The van der Waals surface area contributed by atoms with Gasteiger partial charge in [-0.15, -0.1) is 0 Å². The number of likely N-dealkylation sites (tertiary alicyclic amines) is 1. The van der Waals surface area contributed by atoms with Gasteiger partial charge in [-0.2, -0.15) is 0 Å². The highest BCUT2D eigenvalue weighted by atomic mass is 16.5. The van der Waals surface area contributed by atoms with Gasteiger partial charge in [0.1, 0.15) is 17.3 Å². The molecule has 170 valence electrons. The first kappa shape index (κ1) is 23.3. The molecule has 1 heterocycles. The molecule has 0 aliphatic carbocycles. The number of phenolic OH excluding ortho intramolecular Hbond substituents is 1. The first-order valence-corrected chi connectivity index (χ1v) is 10.6. The molecule has 2 aromatic rings. The van der Waals surface area contributed by atoms with Crippen LogP contribution in [0.3, 0.4) is 0 Å². The van der Waals surface area contributed by atoms with Crippen molar-refractivity contribution in [2.45, 2.75) is 32.9 Å². The number of aromatic hydroxyl groups is 1. The van der Waals surface area contributed by atoms with Crippen LogP contribution >= 0.6 is 0 Å². The second-order valence-corrected chi connectivity index (χ2v) is 8.53. The molecule has 7 nitrogen and oxygen atoms in total. The zero-order chi connectivity index (χ0) is 23.6. The van der Waals surface area contributed by atoms with Crippen LogP contribution in [0.25, 0.3) is 5.76 Å². The zero-order valence-corrected chi connectivity index (χ0v) is 19.1. The summed E-state index contributed by atoms with van der Waals surface area (Å²) in [5.41, 5.74) is 1.92. The number of rotatable bonds is 7. The summed E-state index contributed by atoms with van der Waals surface area (Å²) in [7, 11) is 3.77. The molecule has 0 spiro atoms. The molecular formula is C25H30N2O5. The van der Waals surface area contributed by atoms with E-state index < -0.39 is 17.7 Å². The highest BCUT2D eigenvalue weighted by molar-refractivity contribution is 6.46. The topological polar surface area (TPSA) is 90.3 Å². The molecule has 2 aromatic carbocycles. The summed E-state index contributed by atoms with van der Waals surface area (Å²) >= 11 is 0. The van der Waals surface area contributed by atoms with E-state index in [1.54, 1.807) is 30.3 Å². The van der Waals surface area contributed by atoms with E-state index in [2.05, 4.69) is 0 Å². The molecule has 7 heteroatoms. The standard InChI is InChI=1S/C25H30N2O5/c1-15(2)32-20-11-8-18(14-16(20)3)23(29)21-22(17-6-9-19(28)10-7-17)27(13-12-26(4)5)25(31)24(21)30/h6-11,14-15,22,28-29H,12-13H2,1-5H3/b23-21-. The van der Waals surface area contributed by atoms with E-state index in [1.165, 1.54) is 17.0 Å². The lowest BCUT2D eigenvalue weighted by Crippen LogP contribution is -2.35. The fourth-order valence-corrected chi connectivity index (χ4v) is 3.76. The van der Waals surface area contributed by atoms with Crippen LogP contribution in [-0.2, 0) is 9.59 Å². The van der Waals surface area contributed by atoms with Gasteiger partial charge >= 0.3 is 0 Å². The van der Waals surface area contributed by atoms with Crippen molar-refractivity contribution in [1.82, 2.24) is 9.80 Å². The third kappa shape index (κ3) is 4.78. The lowest BCUT2D eigenvalue weighted by Gasteiger charge is -2.26. The molecule has 1 aliphatic rings. The lowest BCUT2D eigenvalue weighted by molar-refractivity contribution is -0.140. The number of hydrogen-bond acceptors (Lipinski definition) is 6. The van der Waals surface area contributed by atoms with Gasteiger partial charge in [-0.05, 0) is 76.3 Å². The van der Waals surface area contributed by atoms with E-state index in [9.17, 15) is 19.8 Å². The molecule has 3 rings (SSSR count). The minimum atomic E-state index is -0.748. The fraction of sp³-hybridized carbons (Fsp3) is 0.360. The van der Waals surface area contributed by atoms with Crippen molar-refractivity contribution in [1.29, 1.82) is 0 Å². The number of likely N-dealkylation sites (N-methyl/N-ethyl adjacent to an activating group) is 1. The number of hydrogen-bond donors (Lipinski definition) is 2. The van der Waals surface area contributed by atoms with Crippen molar-refractivity contribution >= 4 is 17.4 Å². The van der Waals surface area contributed by atoms with Crippen molar-refractivity contribution in [3.8, 4) is 11.5 Å². The van der Waals surface area contributed by atoms with Crippen LogP contribution in [-0.4, -0.2) is 65.0 Å². The van der Waals surface area contributed by atoms with Crippen LogP contribution in [0, 0.1) is 6.92 Å². The Hall–Kier alpha value is -3.32. The molecule has 0 bridgehead atoms. The number of aryl methyl sites for hydroxylation is 1. The minimum Gasteiger partial charge on any atom is -0.508 e. The van der Waals surface area contributed by atoms with E-state index in [4.69, 9.17) is 4.74 Å². The summed E-state index contributed by atoms with van der Waals surface area (Å²) in [5.74, 6) is -0.830. The number of amides is 1. The Labute approximate surface area is 188 Å². The molecule has 0 radical (unpaired) electrons. The number of carbonyl (C=O) groups is 2. The quantitative estimate of drug-likeness (QED) is 0.391. The van der Waals surface area contributed by atoms with Crippen molar-refractivity contribution in [3.05, 3.63) is 64.7 Å². The van der Waals surface area contributed by atoms with Crippen molar-refractivity contribution < 1.29 is 24.5 Å². The highest BCUT2D eigenvalue weighted by Crippen LogP contribution is 2.40. The average Bonchev–Trinajstić information content (AvgIpc) is 2.98. The Bertz CT molecular complexity index is 1040. The van der Waals surface area contributed by atoms with Crippen LogP contribution in [0.2, 0.25) is 0 Å². The molecule has 1 fully saturated rings. The smallest absolute Gasteiger partial charge is 0.295 e. The number of carbonyl (C=O) groups excluding carboxylic acids is 2. The Morgan fingerprint density at radius 1 is 1.12 bits per heavy atom. The first-order valence-electron chi connectivity index (χ1n) is 10.6. The Balaban J connectivity index is 2.11. The van der Waals surface area contributed by atoms with E-state index in [0.717, 1.165) is 5.56 Å². The normalized spacial score (nSPS) is 18.1. The Morgan fingerprint density at radius 2 is 1.78 bits per heavy atom. The fourth-order valence-electron chi connectivity index (χ4n) is 3.76. The van der Waals surface area contributed by atoms with Gasteiger partial charge in [-0.3, -0.25) is 9.59 Å². The Kier molecular flexibility index (Phi) is 6.89. The van der Waals surface area contributed by atoms with Crippen LogP contribution < -0.4 is 4.74 Å². The number of aliphatic hydroxyl groups is 1. The maximum atomic E-state index is 13.0. The number of phenols is 1. The van der Waals surface area contributed by atoms with Gasteiger partial charge in [0.2, 0.25) is 0 Å². The first-order chi connectivity index (χ1) is 15.1. The summed E-state index contributed by atoms with van der Waals surface area (Å²) in [4.78, 5) is 29.3. The van der Waals surface area contributed by atoms with Gasteiger partial charge < -0.3 is 24.7 Å². The van der Waals surface area contributed by atoms with E-state index in [0.29, 0.717) is 30.0 Å². The molecule has 0 aromatic heterocycles. The summed E-state index contributed by atoms with van der Waals surface area (Å²) in [6.45, 7) is 6.60. The van der Waals surface area contributed by atoms with Gasteiger partial charge in [-0.1, -0.05) is 12.1 Å². The van der Waals surface area contributed by atoms with E-state index in [-0.39, 0.29) is 23.2 Å². The average molecular weight is 439 g/mol. The molecular weight excluding hydrogens is 408 g/mol. The molecule has 1 atom stereocenters. The predicted molar refractivity (Wildman–Crippen MR) is 123 cm³/mol. The van der Waals surface area contributed by atoms with Gasteiger partial charge in [0.15, 0.2) is 0 Å². The summed E-state index contributed by atoms with van der Waals surface area (Å²) in [6, 6.07) is 10.8. The largest absolute Gasteiger partial charge is 0.508 e. The number of aliphatic hydroxyl groups excluding tert-OH is 1. The molecule has 0 saturated carbocycles. The van der Waals surface area contributed by atoms with Gasteiger partial charge in [0.25, 0.3) is 11.7 Å². The monoisotopic (exact) mass is 438 g/mol. The van der Waals surface area contributed by atoms with Crippen LogP contribution in [0.5, 0.6) is 11.5 Å². The van der Waals surface area contributed by atoms with Crippen molar-refractivity contribution in [3.63, 3.8) is 0 Å². The lowest BCUT2D eigenvalue weighted by atomic mass is 9.94. The maximum absolute atomic E-state index is 13.0. The second kappa shape index (κ2) is 9.44. The SMILES string of the molecule is Cc1cc(/C(O)=C2/C(=O)C(=O)N(CCN(C)C)C2c2ccc(O)cc2)ccc1OC(C)C. The van der Waals surface area contributed by atoms with Crippen LogP contribution in [0.15, 0.2) is 48.0 Å². The maximum Gasteiger partial charge on any atom is 0.295 e. The van der Waals surface area contributed by atoms with Crippen LogP contribution in [0.4, 0.5) is 0 Å². The number of nitrogens with zero attached hydrogens (tertiary/aromatic N) is 2. The summed E-state index contributed by atoms with van der Waals surface area (Å²) < 4.78 is 5.76. The molecule has 32 heavy (non-hydrogen) atoms. The van der Waals surface area contributed by atoms with Gasteiger partial charge in [0.05, 0.1) is 17.7 Å². The van der Waals surface area contributed by atoms with E-state index in [1.807, 2.05) is 39.8 Å². The van der Waals surface area contributed by atoms with Crippen molar-refractivity contribution in [2.75, 3.05) is 27.2 Å². The zero-order valence-electron chi connectivity index (χ0n) is 19.1.